The Bertz CT molecular complexity index is 380. The third-order valence-corrected chi connectivity index (χ3v) is 3.24. The van der Waals surface area contributed by atoms with Crippen molar-refractivity contribution in [1.29, 1.82) is 0 Å². The molecule has 0 fully saturated rings. The van der Waals surface area contributed by atoms with E-state index < -0.39 is 0 Å². The number of benzene rings is 1. The summed E-state index contributed by atoms with van der Waals surface area (Å²) in [6.07, 6.45) is 0. The third-order valence-electron chi connectivity index (χ3n) is 3.24. The first-order chi connectivity index (χ1) is 9.43. The first-order valence-electron chi connectivity index (χ1n) is 7.54. The summed E-state index contributed by atoms with van der Waals surface area (Å²) in [7, 11) is 1.70. The number of rotatable bonds is 8. The van der Waals surface area contributed by atoms with Gasteiger partial charge in [0.05, 0.1) is 7.11 Å². The Kier molecular flexibility index (Phi) is 7.03. The smallest absolute Gasteiger partial charge is 0.123 e. The second kappa shape index (κ2) is 8.28. The Hall–Kier alpha value is -1.06. The molecule has 0 amide bonds. The Morgan fingerprint density at radius 2 is 1.55 bits per heavy atom. The van der Waals surface area contributed by atoms with Crippen molar-refractivity contribution in [2.75, 3.05) is 26.7 Å². The molecule has 0 bridgehead atoms. The van der Waals surface area contributed by atoms with Crippen molar-refractivity contribution >= 4 is 0 Å². The van der Waals surface area contributed by atoms with Crippen molar-refractivity contribution in [3.63, 3.8) is 0 Å². The molecule has 20 heavy (non-hydrogen) atoms. The van der Waals surface area contributed by atoms with Crippen LogP contribution in [0.5, 0.6) is 5.75 Å². The maximum atomic E-state index is 6.40. The first kappa shape index (κ1) is 17.0. The van der Waals surface area contributed by atoms with E-state index in [2.05, 4.69) is 38.7 Å². The van der Waals surface area contributed by atoms with Crippen LogP contribution in [0.1, 0.15) is 39.3 Å². The summed E-state index contributed by atoms with van der Waals surface area (Å²) >= 11 is 0. The highest BCUT2D eigenvalue weighted by Gasteiger charge is 2.17. The minimum atomic E-state index is -0.0105. The number of hydrogen-bond donors (Lipinski definition) is 1. The molecule has 0 aliphatic rings. The summed E-state index contributed by atoms with van der Waals surface area (Å²) in [6.45, 7) is 12.0. The molecule has 3 nitrogen and oxygen atoms in total. The van der Waals surface area contributed by atoms with Gasteiger partial charge in [-0.05, 0) is 17.9 Å². The Labute approximate surface area is 124 Å². The zero-order valence-electron chi connectivity index (χ0n) is 13.6. The van der Waals surface area contributed by atoms with E-state index in [0.717, 1.165) is 30.9 Å². The lowest BCUT2D eigenvalue weighted by atomic mass is 10.0. The molecule has 0 aliphatic heterocycles. The average Bonchev–Trinajstić information content (AvgIpc) is 2.36. The second-order valence-electron chi connectivity index (χ2n) is 6.35. The van der Waals surface area contributed by atoms with Crippen molar-refractivity contribution in [3.8, 4) is 5.75 Å². The Balaban J connectivity index is 2.76. The van der Waals surface area contributed by atoms with Gasteiger partial charge in [0.15, 0.2) is 0 Å². The van der Waals surface area contributed by atoms with Crippen LogP contribution in [-0.4, -0.2) is 31.6 Å². The predicted octanol–water partition coefficient (Wildman–Crippen LogP) is 3.31. The van der Waals surface area contributed by atoms with Crippen molar-refractivity contribution < 1.29 is 4.74 Å². The summed E-state index contributed by atoms with van der Waals surface area (Å²) in [5, 5.41) is 0. The van der Waals surface area contributed by atoms with E-state index in [9.17, 15) is 0 Å². The monoisotopic (exact) mass is 278 g/mol. The van der Waals surface area contributed by atoms with Gasteiger partial charge in [-0.2, -0.15) is 0 Å². The van der Waals surface area contributed by atoms with E-state index in [1.807, 2.05) is 18.2 Å². The molecule has 114 valence electrons. The topological polar surface area (TPSA) is 38.5 Å². The molecule has 1 rings (SSSR count). The highest BCUT2D eigenvalue weighted by Crippen LogP contribution is 2.24. The molecule has 1 unspecified atom stereocenters. The fourth-order valence-electron chi connectivity index (χ4n) is 2.61. The molecule has 1 atom stereocenters. The zero-order valence-corrected chi connectivity index (χ0v) is 13.6. The second-order valence-corrected chi connectivity index (χ2v) is 6.35. The molecule has 1 aromatic carbocycles. The molecule has 0 spiro atoms. The van der Waals surface area contributed by atoms with Crippen LogP contribution in [-0.2, 0) is 0 Å². The van der Waals surface area contributed by atoms with E-state index in [1.54, 1.807) is 7.11 Å². The van der Waals surface area contributed by atoms with Gasteiger partial charge in [-0.3, -0.25) is 0 Å². The lowest BCUT2D eigenvalue weighted by molar-refractivity contribution is 0.206. The molecule has 0 aromatic heterocycles. The van der Waals surface area contributed by atoms with Gasteiger partial charge in [-0.25, -0.2) is 0 Å². The van der Waals surface area contributed by atoms with E-state index >= 15 is 0 Å². The first-order valence-corrected chi connectivity index (χ1v) is 7.54. The van der Waals surface area contributed by atoms with Crippen LogP contribution in [0.3, 0.4) is 0 Å². The minimum absolute atomic E-state index is 0.0105. The van der Waals surface area contributed by atoms with E-state index in [1.165, 1.54) is 0 Å². The fraction of sp³-hybridized carbons (Fsp3) is 0.647. The van der Waals surface area contributed by atoms with Gasteiger partial charge >= 0.3 is 0 Å². The minimum Gasteiger partial charge on any atom is -0.496 e. The third kappa shape index (κ3) is 5.51. The SMILES string of the molecule is COc1ccccc1C(N)CN(CC(C)C)CC(C)C. The van der Waals surface area contributed by atoms with Gasteiger partial charge in [0.2, 0.25) is 0 Å². The summed E-state index contributed by atoms with van der Waals surface area (Å²) < 4.78 is 5.41. The van der Waals surface area contributed by atoms with Crippen molar-refractivity contribution in [2.24, 2.45) is 17.6 Å². The number of hydrogen-bond acceptors (Lipinski definition) is 3. The van der Waals surface area contributed by atoms with Crippen LogP contribution in [0.4, 0.5) is 0 Å². The van der Waals surface area contributed by atoms with Crippen LogP contribution in [0.25, 0.3) is 0 Å². The number of ether oxygens (including phenoxy) is 1. The molecular formula is C17H30N2O. The Morgan fingerprint density at radius 1 is 1.00 bits per heavy atom. The van der Waals surface area contributed by atoms with Gasteiger partial charge < -0.3 is 15.4 Å². The fourth-order valence-corrected chi connectivity index (χ4v) is 2.61. The van der Waals surface area contributed by atoms with Crippen LogP contribution < -0.4 is 10.5 Å². The molecule has 0 saturated heterocycles. The van der Waals surface area contributed by atoms with Gasteiger partial charge in [0, 0.05) is 31.2 Å². The molecule has 3 heteroatoms. The summed E-state index contributed by atoms with van der Waals surface area (Å²) in [5.74, 6) is 2.19. The summed E-state index contributed by atoms with van der Waals surface area (Å²) in [6, 6.07) is 8.03. The summed E-state index contributed by atoms with van der Waals surface area (Å²) in [4.78, 5) is 2.46. The number of nitrogens with two attached hydrogens (primary N) is 1. The van der Waals surface area contributed by atoms with Crippen molar-refractivity contribution in [3.05, 3.63) is 29.8 Å². The van der Waals surface area contributed by atoms with Crippen LogP contribution in [0.2, 0.25) is 0 Å². The molecule has 0 radical (unpaired) electrons. The van der Waals surface area contributed by atoms with Gasteiger partial charge in [0.25, 0.3) is 0 Å². The number of para-hydroxylation sites is 1. The van der Waals surface area contributed by atoms with Crippen LogP contribution >= 0.6 is 0 Å². The van der Waals surface area contributed by atoms with Gasteiger partial charge in [-0.1, -0.05) is 45.9 Å². The zero-order chi connectivity index (χ0) is 15.1. The van der Waals surface area contributed by atoms with Gasteiger partial charge in [0.1, 0.15) is 5.75 Å². The Morgan fingerprint density at radius 3 is 2.05 bits per heavy atom. The largest absolute Gasteiger partial charge is 0.496 e. The van der Waals surface area contributed by atoms with Crippen LogP contribution in [0, 0.1) is 11.8 Å². The standard InChI is InChI=1S/C17H30N2O/c1-13(2)10-19(11-14(3)4)12-16(18)15-8-6-7-9-17(15)20-5/h6-9,13-14,16H,10-12,18H2,1-5H3. The molecule has 0 aliphatic carbocycles. The number of methoxy groups -OCH3 is 1. The lowest BCUT2D eigenvalue weighted by Gasteiger charge is -2.29. The maximum absolute atomic E-state index is 6.40. The van der Waals surface area contributed by atoms with E-state index in [-0.39, 0.29) is 6.04 Å². The van der Waals surface area contributed by atoms with Crippen molar-refractivity contribution in [2.45, 2.75) is 33.7 Å². The summed E-state index contributed by atoms with van der Waals surface area (Å²) in [5.41, 5.74) is 7.49. The highest BCUT2D eigenvalue weighted by atomic mass is 16.5. The lowest BCUT2D eigenvalue weighted by Crippen LogP contribution is -2.37. The quantitative estimate of drug-likeness (QED) is 0.793. The van der Waals surface area contributed by atoms with E-state index in [4.69, 9.17) is 10.5 Å². The molecular weight excluding hydrogens is 248 g/mol. The number of nitrogens with zero attached hydrogens (tertiary/aromatic N) is 1. The molecule has 0 saturated carbocycles. The molecule has 2 N–H and O–H groups in total. The van der Waals surface area contributed by atoms with E-state index in [0.29, 0.717) is 11.8 Å². The molecule has 1 aromatic rings. The van der Waals surface area contributed by atoms with Gasteiger partial charge in [-0.15, -0.1) is 0 Å². The molecule has 0 heterocycles. The van der Waals surface area contributed by atoms with Crippen molar-refractivity contribution in [1.82, 2.24) is 4.90 Å². The van der Waals surface area contributed by atoms with Crippen LogP contribution in [0.15, 0.2) is 24.3 Å². The highest BCUT2D eigenvalue weighted by molar-refractivity contribution is 5.35. The average molecular weight is 278 g/mol. The maximum Gasteiger partial charge on any atom is 0.123 e. The predicted molar refractivity (Wildman–Crippen MR) is 86.0 cm³/mol. The normalized spacial score (nSPS) is 13.2.